The normalized spacial score (nSPS) is 19.3. The van der Waals surface area contributed by atoms with E-state index >= 15 is 0 Å². The van der Waals surface area contributed by atoms with E-state index in [1.54, 1.807) is 29.2 Å². The van der Waals surface area contributed by atoms with Gasteiger partial charge in [-0.1, -0.05) is 12.1 Å². The van der Waals surface area contributed by atoms with E-state index in [2.05, 4.69) is 15.4 Å². The van der Waals surface area contributed by atoms with Crippen LogP contribution in [0.3, 0.4) is 0 Å². The largest absolute Gasteiger partial charge is 0.395 e. The lowest BCUT2D eigenvalue weighted by atomic mass is 10.0. The number of nitrogens with zero attached hydrogens (tertiary/aromatic N) is 4. The Kier molecular flexibility index (Phi) is 4.91. The number of halogens is 2. The van der Waals surface area contributed by atoms with Crippen LogP contribution >= 0.6 is 0 Å². The van der Waals surface area contributed by atoms with Crippen LogP contribution in [0.1, 0.15) is 28.5 Å². The highest BCUT2D eigenvalue weighted by Gasteiger charge is 2.34. The van der Waals surface area contributed by atoms with E-state index in [4.69, 9.17) is 5.11 Å². The molecule has 2 atom stereocenters. The molecule has 1 aliphatic rings. The summed E-state index contributed by atoms with van der Waals surface area (Å²) in [7, 11) is 0. The summed E-state index contributed by atoms with van der Waals surface area (Å²) in [6, 6.07) is 9.17. The fraction of sp³-hybridized carbons (Fsp3) is 0.316. The fourth-order valence-electron chi connectivity index (χ4n) is 3.50. The predicted molar refractivity (Wildman–Crippen MR) is 98.4 cm³/mol. The van der Waals surface area contributed by atoms with Gasteiger partial charge in [-0.15, -0.1) is 5.10 Å². The number of alkyl halides is 1. The van der Waals surface area contributed by atoms with Crippen LogP contribution in [0.4, 0.5) is 14.6 Å². The first-order chi connectivity index (χ1) is 13.6. The van der Waals surface area contributed by atoms with Crippen LogP contribution in [0, 0.1) is 5.82 Å². The van der Waals surface area contributed by atoms with Gasteiger partial charge >= 0.3 is 0 Å². The highest BCUT2D eigenvalue weighted by Crippen LogP contribution is 2.36. The number of carbonyl (C=O) groups is 1. The number of anilines is 1. The van der Waals surface area contributed by atoms with Crippen molar-refractivity contribution in [2.24, 2.45) is 0 Å². The summed E-state index contributed by atoms with van der Waals surface area (Å²) in [6.45, 7) is 0.0611. The SMILES string of the molecule is O=C(NCCO)c1cnc2ccc(N3C[C@@H](F)CC3c3cccc(F)c3)nn12. The Balaban J connectivity index is 1.70. The van der Waals surface area contributed by atoms with Crippen molar-refractivity contribution < 1.29 is 18.7 Å². The third kappa shape index (κ3) is 3.40. The van der Waals surface area contributed by atoms with Crippen molar-refractivity contribution in [1.29, 1.82) is 0 Å². The number of aliphatic hydroxyl groups excluding tert-OH is 1. The molecule has 2 aromatic heterocycles. The average molecular weight is 387 g/mol. The minimum Gasteiger partial charge on any atom is -0.395 e. The number of aliphatic hydroxyl groups is 1. The maximum atomic E-state index is 14.2. The lowest BCUT2D eigenvalue weighted by molar-refractivity contribution is 0.0937. The molecule has 1 saturated heterocycles. The molecular weight excluding hydrogens is 368 g/mol. The molecule has 2 N–H and O–H groups in total. The second-order valence-electron chi connectivity index (χ2n) is 6.64. The molecule has 1 amide bonds. The number of carbonyl (C=O) groups excluding carboxylic acids is 1. The van der Waals surface area contributed by atoms with Gasteiger partial charge in [0.25, 0.3) is 5.91 Å². The van der Waals surface area contributed by atoms with E-state index < -0.39 is 12.1 Å². The number of imidazole rings is 1. The third-order valence-corrected chi connectivity index (χ3v) is 4.76. The summed E-state index contributed by atoms with van der Waals surface area (Å²) in [6.07, 6.45) is 0.558. The summed E-state index contributed by atoms with van der Waals surface area (Å²) >= 11 is 0. The first-order valence-electron chi connectivity index (χ1n) is 8.97. The van der Waals surface area contributed by atoms with Gasteiger partial charge in [-0.3, -0.25) is 4.79 Å². The van der Waals surface area contributed by atoms with Crippen LogP contribution in [0.15, 0.2) is 42.6 Å². The third-order valence-electron chi connectivity index (χ3n) is 4.76. The quantitative estimate of drug-likeness (QED) is 0.699. The number of fused-ring (bicyclic) bond motifs is 1. The molecule has 0 saturated carbocycles. The van der Waals surface area contributed by atoms with Crippen LogP contribution in [0.5, 0.6) is 0 Å². The molecule has 146 valence electrons. The Labute approximate surface area is 159 Å². The van der Waals surface area contributed by atoms with Crippen LogP contribution in [0.25, 0.3) is 5.65 Å². The van der Waals surface area contributed by atoms with Gasteiger partial charge in [0, 0.05) is 13.0 Å². The number of nitrogens with one attached hydrogen (secondary N) is 1. The molecule has 3 aromatic rings. The standard InChI is InChI=1S/C19H19F2N5O2/c20-13-3-1-2-12(8-13)15-9-14(21)11-25(15)18-5-4-17-23-10-16(26(17)24-18)19(28)22-6-7-27/h1-5,8,10,14-15,27H,6-7,9,11H2,(H,22,28)/t14-,15?/m0/s1. The van der Waals surface area contributed by atoms with E-state index in [0.29, 0.717) is 17.0 Å². The van der Waals surface area contributed by atoms with E-state index in [1.807, 2.05) is 0 Å². The van der Waals surface area contributed by atoms with Crippen molar-refractivity contribution in [3.8, 4) is 0 Å². The van der Waals surface area contributed by atoms with E-state index in [-0.39, 0.29) is 43.7 Å². The lowest BCUT2D eigenvalue weighted by Gasteiger charge is -2.25. The summed E-state index contributed by atoms with van der Waals surface area (Å²) in [5, 5.41) is 15.9. The number of amides is 1. The van der Waals surface area contributed by atoms with Gasteiger partial charge in [0.15, 0.2) is 11.3 Å². The smallest absolute Gasteiger partial charge is 0.271 e. The van der Waals surface area contributed by atoms with Gasteiger partial charge < -0.3 is 15.3 Å². The van der Waals surface area contributed by atoms with Crippen molar-refractivity contribution in [2.45, 2.75) is 18.6 Å². The van der Waals surface area contributed by atoms with Crippen molar-refractivity contribution in [2.75, 3.05) is 24.6 Å². The second kappa shape index (κ2) is 7.51. The number of hydrogen-bond donors (Lipinski definition) is 2. The molecule has 0 bridgehead atoms. The van der Waals surface area contributed by atoms with Crippen molar-refractivity contribution in [3.63, 3.8) is 0 Å². The zero-order valence-corrected chi connectivity index (χ0v) is 14.9. The molecule has 1 aromatic carbocycles. The molecule has 1 fully saturated rings. The summed E-state index contributed by atoms with van der Waals surface area (Å²) < 4.78 is 29.3. The van der Waals surface area contributed by atoms with Crippen LogP contribution in [-0.2, 0) is 0 Å². The average Bonchev–Trinajstić information content (AvgIpc) is 3.29. The zero-order valence-electron chi connectivity index (χ0n) is 14.9. The van der Waals surface area contributed by atoms with Gasteiger partial charge in [-0.2, -0.15) is 0 Å². The summed E-state index contributed by atoms with van der Waals surface area (Å²) in [5.74, 6) is -0.325. The maximum absolute atomic E-state index is 14.2. The van der Waals surface area contributed by atoms with E-state index in [9.17, 15) is 13.6 Å². The molecule has 1 unspecified atom stereocenters. The molecule has 7 nitrogen and oxygen atoms in total. The van der Waals surface area contributed by atoms with E-state index in [1.165, 1.54) is 22.8 Å². The summed E-state index contributed by atoms with van der Waals surface area (Å²) in [4.78, 5) is 18.2. The molecule has 9 heteroatoms. The Morgan fingerprint density at radius 3 is 2.96 bits per heavy atom. The monoisotopic (exact) mass is 387 g/mol. The van der Waals surface area contributed by atoms with Gasteiger partial charge in [-0.05, 0) is 29.8 Å². The molecule has 0 aliphatic carbocycles. The van der Waals surface area contributed by atoms with Crippen molar-refractivity contribution in [3.05, 3.63) is 59.7 Å². The van der Waals surface area contributed by atoms with Crippen molar-refractivity contribution >= 4 is 17.4 Å². The van der Waals surface area contributed by atoms with Gasteiger partial charge in [-0.25, -0.2) is 18.3 Å². The number of benzene rings is 1. The van der Waals surface area contributed by atoms with Crippen molar-refractivity contribution in [1.82, 2.24) is 19.9 Å². The number of hydrogen-bond acceptors (Lipinski definition) is 5. The molecule has 1 aliphatic heterocycles. The number of aromatic nitrogens is 3. The molecular formula is C19H19F2N5O2. The summed E-state index contributed by atoms with van der Waals surface area (Å²) in [5.41, 5.74) is 1.35. The molecule has 28 heavy (non-hydrogen) atoms. The minimum absolute atomic E-state index is 0.114. The van der Waals surface area contributed by atoms with Crippen LogP contribution < -0.4 is 10.2 Å². The molecule has 3 heterocycles. The molecule has 4 rings (SSSR count). The first-order valence-corrected chi connectivity index (χ1v) is 8.97. The minimum atomic E-state index is -1.07. The Morgan fingerprint density at radius 2 is 2.18 bits per heavy atom. The topological polar surface area (TPSA) is 82.8 Å². The van der Waals surface area contributed by atoms with E-state index in [0.717, 1.165) is 0 Å². The lowest BCUT2D eigenvalue weighted by Crippen LogP contribution is -2.28. The highest BCUT2D eigenvalue weighted by molar-refractivity contribution is 5.93. The molecule has 0 spiro atoms. The zero-order chi connectivity index (χ0) is 19.7. The molecule has 0 radical (unpaired) electrons. The Hall–Kier alpha value is -3.07. The van der Waals surface area contributed by atoms with Crippen LogP contribution in [-0.4, -0.2) is 51.5 Å². The van der Waals surface area contributed by atoms with Gasteiger partial charge in [0.05, 0.1) is 25.4 Å². The Morgan fingerprint density at radius 1 is 1.32 bits per heavy atom. The highest BCUT2D eigenvalue weighted by atomic mass is 19.1. The first kappa shape index (κ1) is 18.3. The second-order valence-corrected chi connectivity index (χ2v) is 6.64. The number of rotatable bonds is 5. The maximum Gasteiger partial charge on any atom is 0.271 e. The Bertz CT molecular complexity index is 1010. The van der Waals surface area contributed by atoms with Gasteiger partial charge in [0.1, 0.15) is 17.8 Å². The fourth-order valence-corrected chi connectivity index (χ4v) is 3.50. The predicted octanol–water partition coefficient (Wildman–Crippen LogP) is 1.88. The van der Waals surface area contributed by atoms with Crippen LogP contribution in [0.2, 0.25) is 0 Å². The van der Waals surface area contributed by atoms with Gasteiger partial charge in [0.2, 0.25) is 0 Å².